The monoisotopic (exact) mass is 1490 g/mol. The zero-order valence-electron chi connectivity index (χ0n) is 56.1. The number of terminal acetylenes is 1. The van der Waals surface area contributed by atoms with Crippen LogP contribution in [-0.4, -0.2) is 109 Å². The third-order valence-corrected chi connectivity index (χ3v) is 17.0. The fraction of sp³-hybridized carbons (Fsp3) is 0.105. The first-order valence-corrected chi connectivity index (χ1v) is 33.9. The average molecular weight is 1490 g/mol. The first-order valence-electron chi connectivity index (χ1n) is 32.3. The lowest BCUT2D eigenvalue weighted by Gasteiger charge is -2.12. The van der Waals surface area contributed by atoms with Gasteiger partial charge in [0.15, 0.2) is 22.6 Å². The Balaban J connectivity index is 0.000000122. The second-order valence-electron chi connectivity index (χ2n) is 23.2. The summed E-state index contributed by atoms with van der Waals surface area (Å²) in [4.78, 5) is 46.1. The molecule has 0 bridgehead atoms. The van der Waals surface area contributed by atoms with E-state index in [2.05, 4.69) is 132 Å². The quantitative estimate of drug-likeness (QED) is 0.0500. The molecule has 16 aromatic rings. The van der Waals surface area contributed by atoms with Gasteiger partial charge in [0, 0.05) is 160 Å². The molecule has 4 aromatic carbocycles. The van der Waals surface area contributed by atoms with Crippen LogP contribution in [-0.2, 0) is 26.2 Å². The van der Waals surface area contributed by atoms with Gasteiger partial charge in [0.25, 0.3) is 0 Å². The molecule has 0 aliphatic carbocycles. The molecule has 0 unspecified atom stereocenters. The molecule has 0 aliphatic rings. The summed E-state index contributed by atoms with van der Waals surface area (Å²) in [5.74, 6) is 6.78. The van der Waals surface area contributed by atoms with Crippen LogP contribution in [0.25, 0.3) is 67.6 Å². The number of rotatable bonds is 18. The van der Waals surface area contributed by atoms with Gasteiger partial charge in [0.2, 0.25) is 11.9 Å². The molecule has 0 radical (unpaired) electrons. The van der Waals surface area contributed by atoms with Crippen molar-refractivity contribution in [2.75, 3.05) is 52.6 Å². The van der Waals surface area contributed by atoms with Crippen molar-refractivity contribution in [2.24, 2.45) is 0 Å². The number of anilines is 6. The molecule has 0 atom stereocenters. The second-order valence-corrected chi connectivity index (χ2v) is 24.9. The molecule has 12 heterocycles. The topological polar surface area (TPSA) is 261 Å². The number of hydrogen-bond donors (Lipinski definition) is 5. The van der Waals surface area contributed by atoms with Crippen LogP contribution in [0.4, 0.5) is 39.6 Å². The van der Waals surface area contributed by atoms with Crippen LogP contribution >= 0.6 is 31.9 Å². The summed E-state index contributed by atoms with van der Waals surface area (Å²) >= 11 is 7.05. The molecule has 0 fully saturated rings. The van der Waals surface area contributed by atoms with Crippen LogP contribution in [0.2, 0.25) is 0 Å². The Hall–Kier alpha value is -12.9. The number of aromatic nitrogens is 18. The van der Waals surface area contributed by atoms with Crippen molar-refractivity contribution in [3.05, 3.63) is 286 Å². The number of nitrogens with zero attached hydrogens (tertiary/aromatic N) is 19. The molecule has 0 spiro atoms. The summed E-state index contributed by atoms with van der Waals surface area (Å²) in [5, 5.41) is 34.0. The Morgan fingerprint density at radius 1 is 0.437 bits per heavy atom. The van der Waals surface area contributed by atoms with Crippen molar-refractivity contribution < 1.29 is 4.39 Å². The number of halogens is 3. The van der Waals surface area contributed by atoms with Gasteiger partial charge < -0.3 is 31.5 Å². The molecule has 0 saturated heterocycles. The number of hydrogen-bond acceptors (Lipinski definition) is 20. The summed E-state index contributed by atoms with van der Waals surface area (Å²) in [5.41, 5.74) is 15.3. The Morgan fingerprint density at radius 2 is 0.835 bits per heavy atom. The lowest BCUT2D eigenvalue weighted by molar-refractivity contribution is 0.630. The molecule has 510 valence electrons. The molecular weight excluding hydrogens is 1430 g/mol. The molecule has 5 N–H and O–H groups in total. The standard InChI is InChI=1S/C20H14FN5.C19H18BrN7.C19H17N5.C18H16BrN7/c1-2-15-13-24-26-19(23-12-14-6-5-9-22-11-14)10-18(25-20(15)26)16-7-3-4-8-17(16)21;1-26(2)19-22-10-13(11-23-19)9-21-17-8-16(14-6-4-3-5-7-14)25-18-15(20)12-24-27(17)18;1-14-11-22-24-18(21-13-15-6-5-9-20-12-15)10-17(23-19(14)24)16-7-3-2-4-8-16;1-20-18-22-9-12(10-23-18)8-21-16-7-15(13-5-3-2-4-6-13)25-17-14(19)11-24-26(16)17/h1,3-11,13,23H,12H2;3-8,10-12,21H,9H2,1-2H3;2-12,21H,13H2,1H3;2-7,9-11,21H,8H2,1H3,(H,20,22,23). The third kappa shape index (κ3) is 16.5. The maximum Gasteiger partial charge on any atom is 0.224 e. The minimum absolute atomic E-state index is 0.343. The van der Waals surface area contributed by atoms with Crippen molar-refractivity contribution >= 4 is 89.6 Å². The first kappa shape index (κ1) is 68.6. The molecule has 24 nitrogen and oxygen atoms in total. The van der Waals surface area contributed by atoms with E-state index in [9.17, 15) is 4.39 Å². The SMILES string of the molecule is C#Cc1cnn2c(NCc3cccnc3)cc(-c3ccccc3F)nc12.CN(C)c1ncc(CNc2cc(-c3ccccc3)nc3c(Br)cnn23)cn1.CNc1ncc(CNc2cc(-c3ccccc3)nc3c(Br)cnn23)cn1.Cc1cnn2c(NCc3cccnc3)cc(-c3ccccc3)nc12. The van der Waals surface area contributed by atoms with E-state index in [1.54, 1.807) is 94.4 Å². The predicted molar refractivity (Wildman–Crippen MR) is 407 cm³/mol. The summed E-state index contributed by atoms with van der Waals surface area (Å²) in [6.45, 7) is 4.40. The maximum absolute atomic E-state index is 14.2. The summed E-state index contributed by atoms with van der Waals surface area (Å²) < 4.78 is 23.0. The number of benzene rings is 4. The maximum atomic E-state index is 14.2. The summed E-state index contributed by atoms with van der Waals surface area (Å²) in [6.07, 6.45) is 26.8. The minimum atomic E-state index is -0.343. The van der Waals surface area contributed by atoms with E-state index in [0.717, 1.165) is 105 Å². The van der Waals surface area contributed by atoms with Crippen molar-refractivity contribution in [3.63, 3.8) is 0 Å². The Morgan fingerprint density at radius 3 is 1.28 bits per heavy atom. The highest BCUT2D eigenvalue weighted by Crippen LogP contribution is 2.31. The van der Waals surface area contributed by atoms with Crippen molar-refractivity contribution in [1.29, 1.82) is 0 Å². The van der Waals surface area contributed by atoms with E-state index in [1.807, 2.05) is 177 Å². The van der Waals surface area contributed by atoms with Crippen LogP contribution in [0, 0.1) is 25.1 Å². The highest BCUT2D eigenvalue weighted by Gasteiger charge is 2.18. The Bertz CT molecular complexity index is 5540. The van der Waals surface area contributed by atoms with Gasteiger partial charge in [-0.1, -0.05) is 121 Å². The Labute approximate surface area is 608 Å². The largest absolute Gasteiger partial charge is 0.366 e. The third-order valence-electron chi connectivity index (χ3n) is 15.9. The molecule has 12 aromatic heterocycles. The summed E-state index contributed by atoms with van der Waals surface area (Å²) in [6, 6.07) is 52.4. The van der Waals surface area contributed by atoms with Gasteiger partial charge in [-0.2, -0.15) is 38.5 Å². The zero-order chi connectivity index (χ0) is 71.0. The van der Waals surface area contributed by atoms with Gasteiger partial charge in [0.05, 0.1) is 62.1 Å². The van der Waals surface area contributed by atoms with Crippen LogP contribution in [0.1, 0.15) is 33.4 Å². The predicted octanol–water partition coefficient (Wildman–Crippen LogP) is 14.5. The molecule has 103 heavy (non-hydrogen) atoms. The van der Waals surface area contributed by atoms with Gasteiger partial charge in [-0.3, -0.25) is 9.97 Å². The van der Waals surface area contributed by atoms with Gasteiger partial charge in [-0.15, -0.1) is 6.42 Å². The van der Waals surface area contributed by atoms with Crippen molar-refractivity contribution in [1.82, 2.24) is 88.3 Å². The molecule has 0 amide bonds. The minimum Gasteiger partial charge on any atom is -0.366 e. The van der Waals surface area contributed by atoms with Crippen molar-refractivity contribution in [2.45, 2.75) is 33.1 Å². The van der Waals surface area contributed by atoms with Crippen LogP contribution in [0.15, 0.2) is 247 Å². The normalized spacial score (nSPS) is 10.8. The van der Waals surface area contributed by atoms with Gasteiger partial charge >= 0.3 is 0 Å². The lowest BCUT2D eigenvalue weighted by Crippen LogP contribution is -2.13. The van der Waals surface area contributed by atoms with Crippen LogP contribution in [0.3, 0.4) is 0 Å². The smallest absolute Gasteiger partial charge is 0.224 e. The van der Waals surface area contributed by atoms with E-state index in [4.69, 9.17) is 21.4 Å². The fourth-order valence-electron chi connectivity index (χ4n) is 10.6. The molecule has 0 aliphatic heterocycles. The highest BCUT2D eigenvalue weighted by molar-refractivity contribution is 9.11. The number of fused-ring (bicyclic) bond motifs is 4. The fourth-order valence-corrected chi connectivity index (χ4v) is 11.3. The number of aryl methyl sites for hydroxylation is 1. The average Bonchev–Trinajstić information content (AvgIpc) is 1.72. The second kappa shape index (κ2) is 32.4. The van der Waals surface area contributed by atoms with Crippen LogP contribution in [0.5, 0.6) is 0 Å². The lowest BCUT2D eigenvalue weighted by atomic mass is 10.1. The van der Waals surface area contributed by atoms with Gasteiger partial charge in [-0.05, 0) is 74.2 Å². The first-order chi connectivity index (χ1) is 50.4. The van der Waals surface area contributed by atoms with E-state index >= 15 is 0 Å². The molecule has 0 saturated carbocycles. The van der Waals surface area contributed by atoms with E-state index in [-0.39, 0.29) is 5.82 Å². The molecule has 27 heteroatoms. The van der Waals surface area contributed by atoms with E-state index in [1.165, 1.54) is 6.07 Å². The number of nitrogens with one attached hydrogen (secondary N) is 5. The Kier molecular flexibility index (Phi) is 21.6. The summed E-state index contributed by atoms with van der Waals surface area (Å²) in [7, 11) is 5.63. The van der Waals surface area contributed by atoms with Gasteiger partial charge in [-0.25, -0.2) is 44.3 Å². The highest BCUT2D eigenvalue weighted by atomic mass is 79.9. The van der Waals surface area contributed by atoms with Gasteiger partial charge in [0.1, 0.15) is 29.1 Å². The number of pyridine rings is 2. The molecule has 16 rings (SSSR count). The van der Waals surface area contributed by atoms with Crippen LogP contribution < -0.4 is 31.5 Å². The zero-order valence-corrected chi connectivity index (χ0v) is 59.2. The van der Waals surface area contributed by atoms with E-state index < -0.39 is 0 Å². The molecular formula is C76H65Br2FN24. The van der Waals surface area contributed by atoms with E-state index in [0.29, 0.717) is 66.4 Å². The van der Waals surface area contributed by atoms with Crippen molar-refractivity contribution in [3.8, 4) is 57.4 Å².